The molecular formula is C28H29ClN4OS. The summed E-state index contributed by atoms with van der Waals surface area (Å²) < 4.78 is 2.18. The second-order valence-corrected chi connectivity index (χ2v) is 10.4. The number of rotatable bonds is 7. The largest absolute Gasteiger partial charge is 0.349 e. The summed E-state index contributed by atoms with van der Waals surface area (Å²) in [6.07, 6.45) is 10.7. The molecule has 4 aromatic rings. The number of aromatic nitrogens is 3. The molecule has 0 radical (unpaired) electrons. The van der Waals surface area contributed by atoms with Crippen LogP contribution in [0.1, 0.15) is 60.0 Å². The van der Waals surface area contributed by atoms with Gasteiger partial charge in [-0.05, 0) is 48.2 Å². The molecule has 0 spiro atoms. The van der Waals surface area contributed by atoms with Gasteiger partial charge >= 0.3 is 0 Å². The molecule has 180 valence electrons. The molecule has 1 aliphatic rings. The van der Waals surface area contributed by atoms with Crippen LogP contribution in [0.15, 0.2) is 72.1 Å². The lowest BCUT2D eigenvalue weighted by Gasteiger charge is -2.16. The quantitative estimate of drug-likeness (QED) is 0.220. The molecule has 0 bridgehead atoms. The van der Waals surface area contributed by atoms with Gasteiger partial charge in [-0.1, -0.05) is 79.4 Å². The number of nitrogens with zero attached hydrogens (tertiary/aromatic N) is 3. The third kappa shape index (κ3) is 5.88. The van der Waals surface area contributed by atoms with Gasteiger partial charge in [-0.15, -0.1) is 0 Å². The number of fused-ring (bicyclic) bond motifs is 1. The van der Waals surface area contributed by atoms with Gasteiger partial charge in [0.15, 0.2) is 5.16 Å². The van der Waals surface area contributed by atoms with Crippen LogP contribution in [0, 0.1) is 0 Å². The summed E-state index contributed by atoms with van der Waals surface area (Å²) in [6.45, 7) is 0.650. The van der Waals surface area contributed by atoms with Crippen molar-refractivity contribution in [2.75, 3.05) is 0 Å². The van der Waals surface area contributed by atoms with Gasteiger partial charge in [-0.2, -0.15) is 0 Å². The molecule has 1 saturated carbocycles. The lowest BCUT2D eigenvalue weighted by molar-refractivity contribution is 0.0933. The Bertz CT molecular complexity index is 1300. The number of imidazole rings is 1. The standard InChI is InChI=1S/C28H29ClN4OS/c29-24-10-6-5-7-22(24)19-35-28-32-25-15-16-30-17-26(25)33(28)18-20-11-13-21(14-12-20)27(34)31-23-8-3-1-2-4-9-23/h5-7,10-17,23H,1-4,8-9,18-19H2,(H,31,34). The topological polar surface area (TPSA) is 59.8 Å². The Morgan fingerprint density at radius 2 is 1.80 bits per heavy atom. The van der Waals surface area contributed by atoms with Crippen molar-refractivity contribution in [2.45, 2.75) is 62.0 Å². The molecule has 2 aromatic heterocycles. The molecule has 0 saturated heterocycles. The zero-order valence-electron chi connectivity index (χ0n) is 19.6. The second-order valence-electron chi connectivity index (χ2n) is 9.08. The average molecular weight is 505 g/mol. The number of halogens is 1. The van der Waals surface area contributed by atoms with Gasteiger partial charge in [0, 0.05) is 28.6 Å². The van der Waals surface area contributed by atoms with E-state index < -0.39 is 0 Å². The number of thioether (sulfide) groups is 1. The van der Waals surface area contributed by atoms with E-state index in [0.717, 1.165) is 50.9 Å². The SMILES string of the molecule is O=C(NC1CCCCCC1)c1ccc(Cn2c(SCc3ccccc3Cl)nc3ccncc32)cc1. The summed E-state index contributed by atoms with van der Waals surface area (Å²) in [5, 5.41) is 4.92. The summed E-state index contributed by atoms with van der Waals surface area (Å²) in [4.78, 5) is 21.9. The van der Waals surface area contributed by atoms with Crippen molar-refractivity contribution in [3.05, 3.63) is 88.7 Å². The van der Waals surface area contributed by atoms with Crippen LogP contribution in [0.5, 0.6) is 0 Å². The second kappa shape index (κ2) is 11.3. The van der Waals surface area contributed by atoms with Crippen LogP contribution in [0.25, 0.3) is 11.0 Å². The van der Waals surface area contributed by atoms with Gasteiger partial charge in [-0.3, -0.25) is 9.78 Å². The van der Waals surface area contributed by atoms with E-state index in [4.69, 9.17) is 16.6 Å². The molecule has 2 aromatic carbocycles. The third-order valence-electron chi connectivity index (χ3n) is 6.58. The molecule has 5 nitrogen and oxygen atoms in total. The molecular weight excluding hydrogens is 476 g/mol. The Morgan fingerprint density at radius 3 is 2.57 bits per heavy atom. The summed E-state index contributed by atoms with van der Waals surface area (Å²) in [5.74, 6) is 0.758. The van der Waals surface area contributed by atoms with E-state index in [1.807, 2.05) is 60.8 Å². The highest BCUT2D eigenvalue weighted by atomic mass is 35.5. The Labute approximate surface area is 215 Å². The molecule has 1 N–H and O–H groups in total. The van der Waals surface area contributed by atoms with Gasteiger partial charge in [-0.25, -0.2) is 4.98 Å². The van der Waals surface area contributed by atoms with Crippen LogP contribution in [0.2, 0.25) is 5.02 Å². The summed E-state index contributed by atoms with van der Waals surface area (Å²) in [6, 6.07) is 18.1. The van der Waals surface area contributed by atoms with Crippen molar-refractivity contribution >= 4 is 40.3 Å². The van der Waals surface area contributed by atoms with Crippen LogP contribution in [-0.2, 0) is 12.3 Å². The monoisotopic (exact) mass is 504 g/mol. The molecule has 1 amide bonds. The van der Waals surface area contributed by atoms with Crippen LogP contribution in [0.4, 0.5) is 0 Å². The van der Waals surface area contributed by atoms with E-state index in [2.05, 4.69) is 14.9 Å². The van der Waals surface area contributed by atoms with Crippen LogP contribution >= 0.6 is 23.4 Å². The number of carbonyl (C=O) groups excluding carboxylic acids is 1. The fourth-order valence-corrected chi connectivity index (χ4v) is 5.90. The zero-order valence-corrected chi connectivity index (χ0v) is 21.2. The van der Waals surface area contributed by atoms with Gasteiger partial charge < -0.3 is 9.88 Å². The fourth-order valence-electron chi connectivity index (χ4n) is 4.61. The average Bonchev–Trinajstić information content (AvgIpc) is 3.02. The molecule has 0 aliphatic heterocycles. The number of carbonyl (C=O) groups is 1. The van der Waals surface area contributed by atoms with Crippen molar-refractivity contribution in [3.8, 4) is 0 Å². The number of pyridine rings is 1. The maximum atomic E-state index is 12.8. The van der Waals surface area contributed by atoms with Gasteiger partial charge in [0.25, 0.3) is 5.91 Å². The van der Waals surface area contributed by atoms with Crippen molar-refractivity contribution in [1.29, 1.82) is 0 Å². The maximum Gasteiger partial charge on any atom is 0.251 e. The normalized spacial score (nSPS) is 14.7. The first-order valence-corrected chi connectivity index (χ1v) is 13.6. The van der Waals surface area contributed by atoms with Crippen molar-refractivity contribution in [1.82, 2.24) is 19.9 Å². The molecule has 0 unspecified atom stereocenters. The van der Waals surface area contributed by atoms with Crippen molar-refractivity contribution in [2.24, 2.45) is 0 Å². The van der Waals surface area contributed by atoms with Gasteiger partial charge in [0.1, 0.15) is 0 Å². The first-order chi connectivity index (χ1) is 17.2. The smallest absolute Gasteiger partial charge is 0.251 e. The highest BCUT2D eigenvalue weighted by molar-refractivity contribution is 7.98. The minimum atomic E-state index is 0.0247. The Hall–Kier alpha value is -2.83. The minimum absolute atomic E-state index is 0.0247. The molecule has 5 rings (SSSR count). The van der Waals surface area contributed by atoms with E-state index in [1.165, 1.54) is 25.7 Å². The fraction of sp³-hybridized carbons (Fsp3) is 0.321. The molecule has 1 aliphatic carbocycles. The Morgan fingerprint density at radius 1 is 1.03 bits per heavy atom. The first-order valence-electron chi connectivity index (χ1n) is 12.2. The number of nitrogens with one attached hydrogen (secondary N) is 1. The van der Waals surface area contributed by atoms with E-state index in [-0.39, 0.29) is 5.91 Å². The third-order valence-corrected chi connectivity index (χ3v) is 7.97. The van der Waals surface area contributed by atoms with E-state index in [1.54, 1.807) is 18.0 Å². The van der Waals surface area contributed by atoms with E-state index in [9.17, 15) is 4.79 Å². The predicted molar refractivity (Wildman–Crippen MR) is 143 cm³/mol. The number of hydrogen-bond donors (Lipinski definition) is 1. The summed E-state index contributed by atoms with van der Waals surface area (Å²) in [7, 11) is 0. The summed E-state index contributed by atoms with van der Waals surface area (Å²) >= 11 is 8.03. The lowest BCUT2D eigenvalue weighted by Crippen LogP contribution is -2.34. The Kier molecular flexibility index (Phi) is 7.69. The molecule has 35 heavy (non-hydrogen) atoms. The highest BCUT2D eigenvalue weighted by Crippen LogP contribution is 2.29. The molecule has 0 atom stereocenters. The maximum absolute atomic E-state index is 12.8. The first kappa shape index (κ1) is 23.9. The molecule has 1 fully saturated rings. The van der Waals surface area contributed by atoms with Crippen LogP contribution in [0.3, 0.4) is 0 Å². The van der Waals surface area contributed by atoms with Crippen molar-refractivity contribution in [3.63, 3.8) is 0 Å². The minimum Gasteiger partial charge on any atom is -0.349 e. The van der Waals surface area contributed by atoms with E-state index >= 15 is 0 Å². The summed E-state index contributed by atoms with van der Waals surface area (Å²) in [5.41, 5.74) is 4.81. The van der Waals surface area contributed by atoms with Crippen molar-refractivity contribution < 1.29 is 4.79 Å². The molecule has 2 heterocycles. The lowest BCUT2D eigenvalue weighted by atomic mass is 10.1. The number of benzene rings is 2. The van der Waals surface area contributed by atoms with Crippen LogP contribution < -0.4 is 5.32 Å². The molecule has 7 heteroatoms. The van der Waals surface area contributed by atoms with E-state index in [0.29, 0.717) is 18.2 Å². The highest BCUT2D eigenvalue weighted by Gasteiger charge is 2.17. The van der Waals surface area contributed by atoms with Gasteiger partial charge in [0.05, 0.1) is 23.8 Å². The van der Waals surface area contributed by atoms with Gasteiger partial charge in [0.2, 0.25) is 0 Å². The predicted octanol–water partition coefficient (Wildman–Crippen LogP) is 6.88. The number of hydrogen-bond acceptors (Lipinski definition) is 4. The Balaban J connectivity index is 1.31. The zero-order chi connectivity index (χ0) is 24.0. The van der Waals surface area contributed by atoms with Crippen LogP contribution in [-0.4, -0.2) is 26.5 Å². The number of amides is 1.